The van der Waals surface area contributed by atoms with Gasteiger partial charge in [0.25, 0.3) is 11.8 Å². The van der Waals surface area contributed by atoms with Crippen LogP contribution in [0.5, 0.6) is 5.75 Å². The lowest BCUT2D eigenvalue weighted by molar-refractivity contribution is 0.0950. The first-order chi connectivity index (χ1) is 11.2. The van der Waals surface area contributed by atoms with Gasteiger partial charge >= 0.3 is 0 Å². The van der Waals surface area contributed by atoms with E-state index in [0.717, 1.165) is 12.8 Å². The average molecular weight is 310 g/mol. The molecule has 1 aliphatic rings. The van der Waals surface area contributed by atoms with Gasteiger partial charge in [-0.2, -0.15) is 0 Å². The largest absolute Gasteiger partial charge is 0.497 e. The first-order valence-corrected chi connectivity index (χ1v) is 7.52. The highest BCUT2D eigenvalue weighted by atomic mass is 16.5. The molecule has 1 fully saturated rings. The molecule has 118 valence electrons. The van der Waals surface area contributed by atoms with E-state index in [1.807, 2.05) is 0 Å². The van der Waals surface area contributed by atoms with E-state index in [0.29, 0.717) is 28.6 Å². The number of ether oxygens (including phenoxy) is 1. The van der Waals surface area contributed by atoms with Crippen LogP contribution in [0.1, 0.15) is 33.6 Å². The third kappa shape index (κ3) is 3.88. The van der Waals surface area contributed by atoms with Gasteiger partial charge in [0.2, 0.25) is 0 Å². The molecule has 0 atom stereocenters. The molecule has 0 aliphatic heterocycles. The zero-order valence-electron chi connectivity index (χ0n) is 12.8. The lowest BCUT2D eigenvalue weighted by Gasteiger charge is -2.07. The van der Waals surface area contributed by atoms with Crippen LogP contribution in [-0.4, -0.2) is 25.0 Å². The zero-order valence-corrected chi connectivity index (χ0v) is 12.8. The maximum absolute atomic E-state index is 12.2. The van der Waals surface area contributed by atoms with Crippen molar-refractivity contribution in [3.63, 3.8) is 0 Å². The number of nitrogens with one attached hydrogen (secondary N) is 2. The molecule has 2 amide bonds. The standard InChI is InChI=1S/C18H18N2O3/c1-23-16-10-4-13(5-11-16)18(22)19-14-6-2-12(3-7-14)17(21)20-15-8-9-15/h2-7,10-11,15H,8-9H2,1H3,(H,19,22)(H,20,21). The number of hydrogen-bond donors (Lipinski definition) is 2. The van der Waals surface area contributed by atoms with Gasteiger partial charge in [-0.05, 0) is 61.4 Å². The number of hydrogen-bond acceptors (Lipinski definition) is 3. The number of carbonyl (C=O) groups is 2. The Morgan fingerprint density at radius 2 is 1.48 bits per heavy atom. The van der Waals surface area contributed by atoms with Gasteiger partial charge in [-0.25, -0.2) is 0 Å². The second-order valence-corrected chi connectivity index (χ2v) is 5.51. The monoisotopic (exact) mass is 310 g/mol. The van der Waals surface area contributed by atoms with Gasteiger partial charge in [0, 0.05) is 22.9 Å². The van der Waals surface area contributed by atoms with Crippen LogP contribution in [0.2, 0.25) is 0 Å². The molecule has 2 N–H and O–H groups in total. The van der Waals surface area contributed by atoms with Crippen molar-refractivity contribution in [1.29, 1.82) is 0 Å². The number of amides is 2. The Hall–Kier alpha value is -2.82. The molecule has 5 nitrogen and oxygen atoms in total. The molecule has 2 aromatic carbocycles. The Balaban J connectivity index is 1.62. The molecule has 3 rings (SSSR count). The summed E-state index contributed by atoms with van der Waals surface area (Å²) in [7, 11) is 1.58. The lowest BCUT2D eigenvalue weighted by Crippen LogP contribution is -2.25. The quantitative estimate of drug-likeness (QED) is 0.892. The molecule has 2 aromatic rings. The molecule has 0 saturated heterocycles. The number of methoxy groups -OCH3 is 1. The zero-order chi connectivity index (χ0) is 16.2. The molecule has 23 heavy (non-hydrogen) atoms. The Bertz CT molecular complexity index is 704. The normalized spacial score (nSPS) is 13.3. The van der Waals surface area contributed by atoms with E-state index < -0.39 is 0 Å². The minimum Gasteiger partial charge on any atom is -0.497 e. The first-order valence-electron chi connectivity index (χ1n) is 7.52. The van der Waals surface area contributed by atoms with Gasteiger partial charge in [-0.1, -0.05) is 0 Å². The second kappa shape index (κ2) is 6.52. The van der Waals surface area contributed by atoms with Crippen LogP contribution in [0.15, 0.2) is 48.5 Å². The summed E-state index contributed by atoms with van der Waals surface area (Å²) in [4.78, 5) is 24.1. The molecule has 0 heterocycles. The summed E-state index contributed by atoms with van der Waals surface area (Å²) in [6, 6.07) is 14.1. The minimum absolute atomic E-state index is 0.0690. The summed E-state index contributed by atoms with van der Waals surface area (Å²) >= 11 is 0. The Kier molecular flexibility index (Phi) is 4.28. The molecule has 1 saturated carbocycles. The van der Waals surface area contributed by atoms with Crippen molar-refractivity contribution in [2.45, 2.75) is 18.9 Å². The van der Waals surface area contributed by atoms with Crippen LogP contribution in [0, 0.1) is 0 Å². The van der Waals surface area contributed by atoms with Crippen molar-refractivity contribution < 1.29 is 14.3 Å². The fourth-order valence-electron chi connectivity index (χ4n) is 2.15. The summed E-state index contributed by atoms with van der Waals surface area (Å²) in [5.74, 6) is 0.427. The molecular weight excluding hydrogens is 292 g/mol. The summed E-state index contributed by atoms with van der Waals surface area (Å²) in [5, 5.41) is 5.73. The summed E-state index contributed by atoms with van der Waals surface area (Å²) in [5.41, 5.74) is 1.79. The van der Waals surface area contributed by atoms with Crippen LogP contribution >= 0.6 is 0 Å². The van der Waals surface area contributed by atoms with E-state index >= 15 is 0 Å². The van der Waals surface area contributed by atoms with Crippen molar-refractivity contribution in [2.24, 2.45) is 0 Å². The minimum atomic E-state index is -0.206. The third-order valence-electron chi connectivity index (χ3n) is 3.67. The van der Waals surface area contributed by atoms with Crippen LogP contribution in [-0.2, 0) is 0 Å². The smallest absolute Gasteiger partial charge is 0.255 e. The summed E-state index contributed by atoms with van der Waals surface area (Å²) < 4.78 is 5.07. The molecule has 0 radical (unpaired) electrons. The topological polar surface area (TPSA) is 67.4 Å². The molecule has 5 heteroatoms. The van der Waals surface area contributed by atoms with Crippen molar-refractivity contribution in [3.8, 4) is 5.75 Å². The molecular formula is C18H18N2O3. The summed E-state index contributed by atoms with van der Waals surface area (Å²) in [6.07, 6.45) is 2.11. The molecule has 0 unspecified atom stereocenters. The fourth-order valence-corrected chi connectivity index (χ4v) is 2.15. The summed E-state index contributed by atoms with van der Waals surface area (Å²) in [6.45, 7) is 0. The van der Waals surface area contributed by atoms with E-state index in [9.17, 15) is 9.59 Å². The molecule has 0 bridgehead atoms. The Morgan fingerprint density at radius 1 is 0.913 bits per heavy atom. The highest BCUT2D eigenvalue weighted by molar-refractivity contribution is 6.04. The van der Waals surface area contributed by atoms with Crippen molar-refractivity contribution in [3.05, 3.63) is 59.7 Å². The predicted molar refractivity (Wildman–Crippen MR) is 87.9 cm³/mol. The maximum atomic E-state index is 12.2. The van der Waals surface area contributed by atoms with Gasteiger partial charge < -0.3 is 15.4 Å². The number of rotatable bonds is 5. The van der Waals surface area contributed by atoms with Crippen molar-refractivity contribution in [1.82, 2.24) is 5.32 Å². The van der Waals surface area contributed by atoms with Crippen LogP contribution in [0.3, 0.4) is 0 Å². The van der Waals surface area contributed by atoms with Gasteiger partial charge in [-0.3, -0.25) is 9.59 Å². The predicted octanol–water partition coefficient (Wildman–Crippen LogP) is 2.84. The van der Waals surface area contributed by atoms with Gasteiger partial charge in [-0.15, -0.1) is 0 Å². The van der Waals surface area contributed by atoms with Crippen LogP contribution < -0.4 is 15.4 Å². The first kappa shape index (κ1) is 15.1. The maximum Gasteiger partial charge on any atom is 0.255 e. The molecule has 1 aliphatic carbocycles. The van der Waals surface area contributed by atoms with Crippen LogP contribution in [0.4, 0.5) is 5.69 Å². The Labute approximate surface area is 134 Å². The molecule has 0 spiro atoms. The highest BCUT2D eigenvalue weighted by Crippen LogP contribution is 2.20. The van der Waals surface area contributed by atoms with E-state index in [1.165, 1.54) is 0 Å². The molecule has 0 aromatic heterocycles. The SMILES string of the molecule is COc1ccc(C(=O)Nc2ccc(C(=O)NC3CC3)cc2)cc1. The number of anilines is 1. The van der Waals surface area contributed by atoms with Gasteiger partial charge in [0.15, 0.2) is 0 Å². The van der Waals surface area contributed by atoms with Gasteiger partial charge in [0.05, 0.1) is 7.11 Å². The Morgan fingerprint density at radius 3 is 2.04 bits per heavy atom. The van der Waals surface area contributed by atoms with E-state index in [-0.39, 0.29) is 11.8 Å². The number of carbonyl (C=O) groups excluding carboxylic acids is 2. The van der Waals surface area contributed by atoms with Crippen molar-refractivity contribution in [2.75, 3.05) is 12.4 Å². The highest BCUT2D eigenvalue weighted by Gasteiger charge is 2.23. The fraction of sp³-hybridized carbons (Fsp3) is 0.222. The van der Waals surface area contributed by atoms with Crippen LogP contribution in [0.25, 0.3) is 0 Å². The van der Waals surface area contributed by atoms with E-state index in [4.69, 9.17) is 4.74 Å². The van der Waals surface area contributed by atoms with Gasteiger partial charge in [0.1, 0.15) is 5.75 Å². The number of benzene rings is 2. The second-order valence-electron chi connectivity index (χ2n) is 5.51. The lowest BCUT2D eigenvalue weighted by atomic mass is 10.1. The average Bonchev–Trinajstić information content (AvgIpc) is 3.39. The third-order valence-corrected chi connectivity index (χ3v) is 3.67. The van der Waals surface area contributed by atoms with E-state index in [1.54, 1.807) is 55.6 Å². The van der Waals surface area contributed by atoms with E-state index in [2.05, 4.69) is 10.6 Å². The van der Waals surface area contributed by atoms with Crippen molar-refractivity contribution >= 4 is 17.5 Å².